The monoisotopic (exact) mass is 345 g/mol. The smallest absolute Gasteiger partial charge is 1.00 e. The summed E-state index contributed by atoms with van der Waals surface area (Å²) in [4.78, 5) is 0. The van der Waals surface area contributed by atoms with Crippen molar-refractivity contribution in [2.24, 2.45) is 0 Å². The summed E-state index contributed by atoms with van der Waals surface area (Å²) in [6.45, 7) is 0. The summed E-state index contributed by atoms with van der Waals surface area (Å²) < 4.78 is 2.30. The minimum absolute atomic E-state index is 0. The molecule has 4 aromatic rings. The van der Waals surface area contributed by atoms with E-state index in [9.17, 15) is 0 Å². The van der Waals surface area contributed by atoms with Crippen LogP contribution in [0.4, 0.5) is 0 Å². The molecular formula is C18H12BrMgN. The van der Waals surface area contributed by atoms with E-state index in [1.807, 2.05) is 12.1 Å². The molecule has 0 radical (unpaired) electrons. The van der Waals surface area contributed by atoms with Gasteiger partial charge in [-0.05, 0) is 12.1 Å². The zero-order valence-corrected chi connectivity index (χ0v) is 14.5. The molecule has 0 spiro atoms. The Morgan fingerprint density at radius 3 is 1.67 bits per heavy atom. The molecule has 0 bridgehead atoms. The minimum atomic E-state index is 0. The van der Waals surface area contributed by atoms with Crippen molar-refractivity contribution < 1.29 is 17.0 Å². The number of aromatic nitrogens is 1. The molecule has 0 amide bonds. The predicted molar refractivity (Wildman–Crippen MR) is 85.4 cm³/mol. The second kappa shape index (κ2) is 6.65. The summed E-state index contributed by atoms with van der Waals surface area (Å²) in [5.41, 5.74) is 3.67. The van der Waals surface area contributed by atoms with E-state index in [-0.39, 0.29) is 40.0 Å². The molecule has 21 heavy (non-hydrogen) atoms. The van der Waals surface area contributed by atoms with Crippen LogP contribution in [0, 0.1) is 6.07 Å². The van der Waals surface area contributed by atoms with Crippen LogP contribution in [0.3, 0.4) is 0 Å². The summed E-state index contributed by atoms with van der Waals surface area (Å²) in [5.74, 6) is 0. The summed E-state index contributed by atoms with van der Waals surface area (Å²) in [7, 11) is 0. The molecule has 4 rings (SSSR count). The number of rotatable bonds is 1. The first-order valence-corrected chi connectivity index (χ1v) is 6.40. The van der Waals surface area contributed by atoms with Crippen LogP contribution in [-0.2, 0) is 0 Å². The average Bonchev–Trinajstić information content (AvgIpc) is 2.83. The Hall–Kier alpha value is -1.29. The Bertz CT molecular complexity index is 815. The van der Waals surface area contributed by atoms with E-state index >= 15 is 0 Å². The first-order valence-electron chi connectivity index (χ1n) is 6.40. The Labute approximate surface area is 150 Å². The number of hydrogen-bond donors (Lipinski definition) is 0. The molecular weight excluding hydrogens is 334 g/mol. The van der Waals surface area contributed by atoms with Gasteiger partial charge in [0.25, 0.3) is 0 Å². The molecule has 1 aromatic heterocycles. The van der Waals surface area contributed by atoms with Gasteiger partial charge in [-0.3, -0.25) is 0 Å². The SMILES string of the molecule is [Br-].[Mg+2].[c-]1ccc(-n2c3ccccc3c3ccccc32)cc1. The van der Waals surface area contributed by atoms with Gasteiger partial charge in [0, 0.05) is 10.8 Å². The van der Waals surface area contributed by atoms with Crippen LogP contribution in [0.5, 0.6) is 0 Å². The summed E-state index contributed by atoms with van der Waals surface area (Å²) in [6, 6.07) is 28.3. The number of fused-ring (bicyclic) bond motifs is 3. The fourth-order valence-corrected chi connectivity index (χ4v) is 2.73. The van der Waals surface area contributed by atoms with Gasteiger partial charge in [-0.2, -0.15) is 18.2 Å². The number of nitrogens with zero attached hydrogens (tertiary/aromatic N) is 1. The summed E-state index contributed by atoms with van der Waals surface area (Å²) in [5, 5.41) is 2.59. The molecule has 1 nitrogen and oxygen atoms in total. The van der Waals surface area contributed by atoms with E-state index in [2.05, 4.69) is 71.3 Å². The van der Waals surface area contributed by atoms with Gasteiger partial charge in [0.05, 0.1) is 11.0 Å². The molecule has 3 aromatic carbocycles. The molecule has 98 valence electrons. The van der Waals surface area contributed by atoms with Gasteiger partial charge in [-0.1, -0.05) is 42.1 Å². The minimum Gasteiger partial charge on any atom is -1.00 e. The second-order valence-corrected chi connectivity index (χ2v) is 4.63. The Kier molecular flexibility index (Phi) is 5.09. The van der Waals surface area contributed by atoms with Gasteiger partial charge in [-0.15, -0.1) is 12.1 Å². The van der Waals surface area contributed by atoms with Gasteiger partial charge in [0.15, 0.2) is 0 Å². The van der Waals surface area contributed by atoms with Gasteiger partial charge in [0.1, 0.15) is 0 Å². The number of benzene rings is 3. The van der Waals surface area contributed by atoms with Gasteiger partial charge < -0.3 is 21.5 Å². The Balaban J connectivity index is 0.000000807. The molecule has 0 saturated carbocycles. The Morgan fingerprint density at radius 2 is 1.14 bits per heavy atom. The largest absolute Gasteiger partial charge is 2.00 e. The molecule has 0 atom stereocenters. The molecule has 0 aliphatic rings. The van der Waals surface area contributed by atoms with E-state index in [0.29, 0.717) is 0 Å². The average molecular weight is 347 g/mol. The van der Waals surface area contributed by atoms with E-state index in [1.165, 1.54) is 27.5 Å². The standard InChI is InChI=1S/C18H12N.BrH.Mg/c1-2-8-14(9-3-1)19-17-12-6-4-10-15(17)16-11-5-7-13-18(16)19;;/h2-13H;1H;/q-1;;+2/p-1. The summed E-state index contributed by atoms with van der Waals surface area (Å²) in [6.07, 6.45) is 0. The van der Waals surface area contributed by atoms with Crippen LogP contribution in [0.15, 0.2) is 72.8 Å². The quantitative estimate of drug-likeness (QED) is 0.361. The normalized spacial score (nSPS) is 10.1. The molecule has 0 unspecified atom stereocenters. The fraction of sp³-hybridized carbons (Fsp3) is 0. The number of hydrogen-bond acceptors (Lipinski definition) is 0. The molecule has 1 heterocycles. The van der Waals surface area contributed by atoms with Gasteiger partial charge >= 0.3 is 23.1 Å². The maximum absolute atomic E-state index is 3.08. The third-order valence-electron chi connectivity index (χ3n) is 3.54. The predicted octanol–water partition coefficient (Wildman–Crippen LogP) is 1.21. The van der Waals surface area contributed by atoms with E-state index in [1.54, 1.807) is 0 Å². The van der Waals surface area contributed by atoms with Crippen LogP contribution in [0.1, 0.15) is 0 Å². The van der Waals surface area contributed by atoms with Crippen molar-refractivity contribution in [3.8, 4) is 5.69 Å². The van der Waals surface area contributed by atoms with Crippen molar-refractivity contribution in [1.82, 2.24) is 4.57 Å². The first kappa shape index (κ1) is 16.1. The summed E-state index contributed by atoms with van der Waals surface area (Å²) >= 11 is 0. The van der Waals surface area contributed by atoms with Crippen molar-refractivity contribution in [2.75, 3.05) is 0 Å². The van der Waals surface area contributed by atoms with Crippen LogP contribution in [-0.4, -0.2) is 27.6 Å². The van der Waals surface area contributed by atoms with Gasteiger partial charge in [-0.25, -0.2) is 0 Å². The maximum Gasteiger partial charge on any atom is 2.00 e. The van der Waals surface area contributed by atoms with Crippen molar-refractivity contribution >= 4 is 44.9 Å². The third-order valence-corrected chi connectivity index (χ3v) is 3.54. The van der Waals surface area contributed by atoms with Gasteiger partial charge in [0.2, 0.25) is 0 Å². The van der Waals surface area contributed by atoms with E-state index in [0.717, 1.165) is 0 Å². The van der Waals surface area contributed by atoms with E-state index in [4.69, 9.17) is 0 Å². The van der Waals surface area contributed by atoms with Crippen LogP contribution < -0.4 is 17.0 Å². The topological polar surface area (TPSA) is 4.93 Å². The van der Waals surface area contributed by atoms with Crippen molar-refractivity contribution in [3.63, 3.8) is 0 Å². The molecule has 0 N–H and O–H groups in total. The van der Waals surface area contributed by atoms with E-state index < -0.39 is 0 Å². The number of halogens is 1. The molecule has 3 heteroatoms. The zero-order chi connectivity index (χ0) is 12.7. The van der Waals surface area contributed by atoms with Crippen LogP contribution >= 0.6 is 0 Å². The van der Waals surface area contributed by atoms with Crippen LogP contribution in [0.25, 0.3) is 27.5 Å². The first-order chi connectivity index (χ1) is 9.45. The van der Waals surface area contributed by atoms with Crippen molar-refractivity contribution in [1.29, 1.82) is 0 Å². The molecule has 0 fully saturated rings. The van der Waals surface area contributed by atoms with Crippen LogP contribution in [0.2, 0.25) is 0 Å². The molecule has 0 aliphatic heterocycles. The third kappa shape index (κ3) is 2.61. The second-order valence-electron chi connectivity index (χ2n) is 4.63. The maximum atomic E-state index is 3.08. The number of para-hydroxylation sites is 2. The van der Waals surface area contributed by atoms with Crippen molar-refractivity contribution in [2.45, 2.75) is 0 Å². The Morgan fingerprint density at radius 1 is 0.667 bits per heavy atom. The van der Waals surface area contributed by atoms with Crippen molar-refractivity contribution in [3.05, 3.63) is 78.9 Å². The zero-order valence-electron chi connectivity index (χ0n) is 11.5. The fourth-order valence-electron chi connectivity index (χ4n) is 2.73. The molecule has 0 aliphatic carbocycles. The molecule has 0 saturated heterocycles.